The van der Waals surface area contributed by atoms with Crippen LogP contribution in [0.3, 0.4) is 0 Å². The van der Waals surface area contributed by atoms with E-state index in [-0.39, 0.29) is 11.5 Å². The zero-order chi connectivity index (χ0) is 19.9. The predicted octanol–water partition coefficient (Wildman–Crippen LogP) is 2.59. The quantitative estimate of drug-likeness (QED) is 0.687. The van der Waals surface area contributed by atoms with Crippen LogP contribution in [-0.2, 0) is 17.8 Å². The maximum absolute atomic E-state index is 12.2. The summed E-state index contributed by atoms with van der Waals surface area (Å²) in [7, 11) is 1.61. The highest BCUT2D eigenvalue weighted by molar-refractivity contribution is 5.78. The molecule has 6 nitrogen and oxygen atoms in total. The fraction of sp³-hybridized carbons (Fsp3) is 0.227. The Morgan fingerprint density at radius 2 is 1.82 bits per heavy atom. The van der Waals surface area contributed by atoms with Gasteiger partial charge < -0.3 is 10.1 Å². The molecule has 0 unspecified atom stereocenters. The lowest BCUT2D eigenvalue weighted by Gasteiger charge is -2.10. The molecule has 0 spiro atoms. The second-order valence-electron chi connectivity index (χ2n) is 6.46. The zero-order valence-electron chi connectivity index (χ0n) is 16.0. The van der Waals surface area contributed by atoms with Crippen LogP contribution in [0.4, 0.5) is 0 Å². The van der Waals surface area contributed by atoms with Crippen LogP contribution >= 0.6 is 0 Å². The molecule has 3 aromatic rings. The van der Waals surface area contributed by atoms with Crippen LogP contribution < -0.4 is 15.6 Å². The van der Waals surface area contributed by atoms with Gasteiger partial charge in [-0.15, -0.1) is 0 Å². The molecule has 0 bridgehead atoms. The summed E-state index contributed by atoms with van der Waals surface area (Å²) < 4.78 is 6.53. The van der Waals surface area contributed by atoms with Gasteiger partial charge in [0.1, 0.15) is 5.75 Å². The highest BCUT2D eigenvalue weighted by Gasteiger charge is 2.07. The van der Waals surface area contributed by atoms with Crippen molar-refractivity contribution in [3.63, 3.8) is 0 Å². The van der Waals surface area contributed by atoms with Crippen LogP contribution in [0.5, 0.6) is 5.75 Å². The number of rotatable bonds is 7. The summed E-state index contributed by atoms with van der Waals surface area (Å²) in [6.07, 6.45) is 0.320. The average Bonchev–Trinajstić information content (AvgIpc) is 2.71. The van der Waals surface area contributed by atoms with Gasteiger partial charge in [0.25, 0.3) is 5.56 Å². The number of methoxy groups -OCH3 is 1. The molecule has 0 fully saturated rings. The summed E-state index contributed by atoms with van der Waals surface area (Å²) in [5.41, 5.74) is 3.46. The Morgan fingerprint density at radius 1 is 1.07 bits per heavy atom. The summed E-state index contributed by atoms with van der Waals surface area (Å²) in [5.74, 6) is 0.682. The second-order valence-corrected chi connectivity index (χ2v) is 6.46. The molecule has 28 heavy (non-hydrogen) atoms. The van der Waals surface area contributed by atoms with Crippen LogP contribution in [-0.4, -0.2) is 29.3 Å². The number of aryl methyl sites for hydroxylation is 1. The minimum atomic E-state index is -0.203. The number of carbonyl (C=O) groups excluding carboxylic acids is 1. The number of nitrogens with zero attached hydrogens (tertiary/aromatic N) is 2. The summed E-state index contributed by atoms with van der Waals surface area (Å²) in [6.45, 7) is 2.63. The Bertz CT molecular complexity index is 1010. The van der Waals surface area contributed by atoms with Gasteiger partial charge in [0, 0.05) is 18.2 Å². The second kappa shape index (κ2) is 8.99. The van der Waals surface area contributed by atoms with Gasteiger partial charge in [0.2, 0.25) is 5.91 Å². The standard InChI is InChI=1S/C22H23N3O3/c1-16-5-3-4-6-18(16)15-21(26)23-13-14-25-22(27)12-11-20(24-25)17-7-9-19(28-2)10-8-17/h3-12H,13-15H2,1-2H3,(H,23,26). The average molecular weight is 377 g/mol. The lowest BCUT2D eigenvalue weighted by molar-refractivity contribution is -0.120. The molecule has 0 saturated heterocycles. The molecule has 3 rings (SSSR count). The van der Waals surface area contributed by atoms with Crippen molar-refractivity contribution in [1.82, 2.24) is 15.1 Å². The van der Waals surface area contributed by atoms with Crippen LogP contribution in [0.2, 0.25) is 0 Å². The molecule has 1 amide bonds. The Kier molecular flexibility index (Phi) is 6.22. The Morgan fingerprint density at radius 3 is 2.54 bits per heavy atom. The van der Waals surface area contributed by atoms with Gasteiger partial charge in [0.05, 0.1) is 25.8 Å². The number of hydrogen-bond donors (Lipinski definition) is 1. The van der Waals surface area contributed by atoms with E-state index in [0.29, 0.717) is 25.2 Å². The van der Waals surface area contributed by atoms with Gasteiger partial charge in [-0.1, -0.05) is 24.3 Å². The molecule has 0 radical (unpaired) electrons. The van der Waals surface area contributed by atoms with Gasteiger partial charge in [-0.05, 0) is 48.4 Å². The monoisotopic (exact) mass is 377 g/mol. The molecular weight excluding hydrogens is 354 g/mol. The minimum absolute atomic E-state index is 0.0753. The summed E-state index contributed by atoms with van der Waals surface area (Å²) in [6, 6.07) is 18.4. The zero-order valence-corrected chi connectivity index (χ0v) is 16.0. The van der Waals surface area contributed by atoms with E-state index >= 15 is 0 Å². The number of amides is 1. The molecule has 1 aromatic heterocycles. The SMILES string of the molecule is COc1ccc(-c2ccc(=O)n(CCNC(=O)Cc3ccccc3C)n2)cc1. The van der Waals surface area contributed by atoms with E-state index in [1.54, 1.807) is 13.2 Å². The van der Waals surface area contributed by atoms with Crippen LogP contribution in [0, 0.1) is 6.92 Å². The van der Waals surface area contributed by atoms with Gasteiger partial charge >= 0.3 is 0 Å². The molecule has 0 atom stereocenters. The smallest absolute Gasteiger partial charge is 0.266 e. The first-order valence-corrected chi connectivity index (χ1v) is 9.10. The third-order valence-corrected chi connectivity index (χ3v) is 4.51. The molecule has 144 valence electrons. The van der Waals surface area contributed by atoms with Crippen LogP contribution in [0.15, 0.2) is 65.5 Å². The van der Waals surface area contributed by atoms with Crippen LogP contribution in [0.1, 0.15) is 11.1 Å². The Hall–Kier alpha value is -3.41. The predicted molar refractivity (Wildman–Crippen MR) is 108 cm³/mol. The number of benzene rings is 2. The fourth-order valence-corrected chi connectivity index (χ4v) is 2.87. The lowest BCUT2D eigenvalue weighted by atomic mass is 10.1. The first-order valence-electron chi connectivity index (χ1n) is 9.10. The maximum Gasteiger partial charge on any atom is 0.266 e. The molecule has 0 aliphatic rings. The van der Waals surface area contributed by atoms with Crippen molar-refractivity contribution in [3.8, 4) is 17.0 Å². The Balaban J connectivity index is 1.61. The normalized spacial score (nSPS) is 10.5. The number of ether oxygens (including phenoxy) is 1. The van der Waals surface area contributed by atoms with Crippen molar-refractivity contribution in [2.24, 2.45) is 0 Å². The van der Waals surface area contributed by atoms with Gasteiger partial charge in [-0.25, -0.2) is 4.68 Å². The third-order valence-electron chi connectivity index (χ3n) is 4.51. The Labute approximate surface area is 163 Å². The van der Waals surface area contributed by atoms with Crippen molar-refractivity contribution < 1.29 is 9.53 Å². The van der Waals surface area contributed by atoms with E-state index in [9.17, 15) is 9.59 Å². The van der Waals surface area contributed by atoms with E-state index < -0.39 is 0 Å². The molecular formula is C22H23N3O3. The molecule has 2 aromatic carbocycles. The van der Waals surface area contributed by atoms with Crippen molar-refractivity contribution in [2.75, 3.05) is 13.7 Å². The van der Waals surface area contributed by atoms with Crippen LogP contribution in [0.25, 0.3) is 11.3 Å². The molecule has 0 aliphatic carbocycles. The number of aromatic nitrogens is 2. The maximum atomic E-state index is 12.2. The number of nitrogens with one attached hydrogen (secondary N) is 1. The van der Waals surface area contributed by atoms with Gasteiger partial charge in [-0.2, -0.15) is 5.10 Å². The molecule has 0 aliphatic heterocycles. The summed E-state index contributed by atoms with van der Waals surface area (Å²) in [5, 5.41) is 7.26. The number of carbonyl (C=O) groups is 1. The molecule has 1 N–H and O–H groups in total. The fourth-order valence-electron chi connectivity index (χ4n) is 2.87. The van der Waals surface area contributed by atoms with Crippen molar-refractivity contribution in [2.45, 2.75) is 19.9 Å². The van der Waals surface area contributed by atoms with E-state index in [4.69, 9.17) is 4.74 Å². The highest BCUT2D eigenvalue weighted by Crippen LogP contribution is 2.19. The highest BCUT2D eigenvalue weighted by atomic mass is 16.5. The van der Waals surface area contributed by atoms with Gasteiger partial charge in [0.15, 0.2) is 0 Å². The van der Waals surface area contributed by atoms with Gasteiger partial charge in [-0.3, -0.25) is 9.59 Å². The van der Waals surface area contributed by atoms with Crippen molar-refractivity contribution in [3.05, 3.63) is 82.1 Å². The topological polar surface area (TPSA) is 73.2 Å². The third kappa shape index (κ3) is 4.85. The van der Waals surface area contributed by atoms with E-state index in [2.05, 4.69) is 10.4 Å². The first kappa shape index (κ1) is 19.4. The number of hydrogen-bond acceptors (Lipinski definition) is 4. The summed E-state index contributed by atoms with van der Waals surface area (Å²) >= 11 is 0. The van der Waals surface area contributed by atoms with E-state index in [1.165, 1.54) is 10.7 Å². The lowest BCUT2D eigenvalue weighted by Crippen LogP contribution is -2.32. The van der Waals surface area contributed by atoms with E-state index in [0.717, 1.165) is 22.4 Å². The minimum Gasteiger partial charge on any atom is -0.497 e. The van der Waals surface area contributed by atoms with Crippen molar-refractivity contribution in [1.29, 1.82) is 0 Å². The first-order chi connectivity index (χ1) is 13.6. The van der Waals surface area contributed by atoms with Crippen molar-refractivity contribution >= 4 is 5.91 Å². The van der Waals surface area contributed by atoms with E-state index in [1.807, 2.05) is 55.5 Å². The summed E-state index contributed by atoms with van der Waals surface area (Å²) in [4.78, 5) is 24.2. The molecule has 1 heterocycles. The molecule has 0 saturated carbocycles. The molecule has 6 heteroatoms. The largest absolute Gasteiger partial charge is 0.497 e.